The van der Waals surface area contributed by atoms with E-state index in [2.05, 4.69) is 51.7 Å². The molecule has 1 N–H and O–H groups in total. The number of hydrogen-bond acceptors (Lipinski definition) is 5. The van der Waals surface area contributed by atoms with Crippen molar-refractivity contribution >= 4 is 23.6 Å². The number of rotatable bonds is 8. The van der Waals surface area contributed by atoms with Crippen molar-refractivity contribution in [2.24, 2.45) is 5.92 Å². The molecule has 1 aliphatic rings. The number of nitrogens with one attached hydrogen (secondary N) is 1. The molecule has 0 bridgehead atoms. The molecule has 0 spiro atoms. The number of aromatic nitrogens is 4. The van der Waals surface area contributed by atoms with Gasteiger partial charge in [0.15, 0.2) is 5.82 Å². The first-order valence-electron chi connectivity index (χ1n) is 10.9. The lowest BCUT2D eigenvalue weighted by Crippen LogP contribution is -2.30. The van der Waals surface area contributed by atoms with E-state index in [0.717, 1.165) is 35.5 Å². The number of hydrogen-bond donors (Lipinski definition) is 1. The molecule has 1 aromatic carbocycles. The Morgan fingerprint density at radius 1 is 1.28 bits per heavy atom. The highest BCUT2D eigenvalue weighted by molar-refractivity contribution is 6.31. The SMILES string of the molecule is Cc1ccc(Cn2nc(C)c(/C=C/C(=O)NC(c3nc(C4CC4)no3)C(C)C)c2Cl)cc1. The molecule has 2 aromatic heterocycles. The molecule has 168 valence electrons. The van der Waals surface area contributed by atoms with Crippen molar-refractivity contribution in [2.75, 3.05) is 0 Å². The summed E-state index contributed by atoms with van der Waals surface area (Å²) in [7, 11) is 0. The summed E-state index contributed by atoms with van der Waals surface area (Å²) < 4.78 is 7.17. The maximum Gasteiger partial charge on any atom is 0.249 e. The van der Waals surface area contributed by atoms with Crippen molar-refractivity contribution < 1.29 is 9.32 Å². The number of halogens is 1. The molecule has 1 atom stereocenters. The molecule has 1 amide bonds. The Morgan fingerprint density at radius 2 is 2.00 bits per heavy atom. The van der Waals surface area contributed by atoms with Crippen LogP contribution in [0.3, 0.4) is 0 Å². The van der Waals surface area contributed by atoms with Gasteiger partial charge in [-0.2, -0.15) is 10.1 Å². The van der Waals surface area contributed by atoms with Crippen LogP contribution in [0.1, 0.15) is 72.7 Å². The van der Waals surface area contributed by atoms with E-state index in [1.165, 1.54) is 11.6 Å². The van der Waals surface area contributed by atoms with Gasteiger partial charge in [0.1, 0.15) is 11.2 Å². The number of carbonyl (C=O) groups is 1. The van der Waals surface area contributed by atoms with Crippen LogP contribution in [0.4, 0.5) is 0 Å². The summed E-state index contributed by atoms with van der Waals surface area (Å²) in [4.78, 5) is 17.1. The fourth-order valence-electron chi connectivity index (χ4n) is 3.48. The first kappa shape index (κ1) is 22.3. The minimum absolute atomic E-state index is 0.0995. The molecule has 1 unspecified atom stereocenters. The quantitative estimate of drug-likeness (QED) is 0.485. The Kier molecular flexibility index (Phi) is 6.46. The predicted molar refractivity (Wildman–Crippen MR) is 123 cm³/mol. The molecule has 0 aliphatic heterocycles. The zero-order valence-electron chi connectivity index (χ0n) is 18.8. The lowest BCUT2D eigenvalue weighted by Gasteiger charge is -2.17. The zero-order valence-corrected chi connectivity index (χ0v) is 19.6. The van der Waals surface area contributed by atoms with Crippen LogP contribution in [0.25, 0.3) is 6.08 Å². The largest absolute Gasteiger partial charge is 0.340 e. The highest BCUT2D eigenvalue weighted by Crippen LogP contribution is 2.38. The summed E-state index contributed by atoms with van der Waals surface area (Å²) >= 11 is 6.57. The van der Waals surface area contributed by atoms with Gasteiger partial charge in [0.25, 0.3) is 0 Å². The van der Waals surface area contributed by atoms with Crippen LogP contribution in [0, 0.1) is 19.8 Å². The Hall–Kier alpha value is -2.93. The van der Waals surface area contributed by atoms with E-state index in [4.69, 9.17) is 16.1 Å². The summed E-state index contributed by atoms with van der Waals surface area (Å²) in [5, 5.41) is 12.1. The van der Waals surface area contributed by atoms with E-state index < -0.39 is 0 Å². The fourth-order valence-corrected chi connectivity index (χ4v) is 3.78. The van der Waals surface area contributed by atoms with Gasteiger partial charge < -0.3 is 9.84 Å². The van der Waals surface area contributed by atoms with Crippen LogP contribution in [0.5, 0.6) is 0 Å². The van der Waals surface area contributed by atoms with E-state index in [1.807, 2.05) is 20.8 Å². The Labute approximate surface area is 192 Å². The minimum Gasteiger partial charge on any atom is -0.340 e. The predicted octanol–water partition coefficient (Wildman–Crippen LogP) is 4.99. The van der Waals surface area contributed by atoms with Crippen LogP contribution in [-0.4, -0.2) is 25.8 Å². The fraction of sp³-hybridized carbons (Fsp3) is 0.417. The van der Waals surface area contributed by atoms with Gasteiger partial charge in [0.05, 0.1) is 12.2 Å². The molecule has 4 rings (SSSR count). The molecule has 0 saturated heterocycles. The number of benzene rings is 1. The summed E-state index contributed by atoms with van der Waals surface area (Å²) in [5.41, 5.74) is 3.80. The molecule has 0 radical (unpaired) electrons. The van der Waals surface area contributed by atoms with E-state index in [1.54, 1.807) is 10.8 Å². The molecule has 8 heteroatoms. The van der Waals surface area contributed by atoms with Gasteiger partial charge >= 0.3 is 0 Å². The van der Waals surface area contributed by atoms with Crippen LogP contribution in [0.2, 0.25) is 5.15 Å². The first-order chi connectivity index (χ1) is 15.3. The molecule has 2 heterocycles. The average Bonchev–Trinajstić information content (AvgIpc) is 3.43. The number of amides is 1. The van der Waals surface area contributed by atoms with Crippen LogP contribution < -0.4 is 5.32 Å². The summed E-state index contributed by atoms with van der Waals surface area (Å²) in [6.07, 6.45) is 5.36. The van der Waals surface area contributed by atoms with E-state index in [0.29, 0.717) is 23.5 Å². The highest BCUT2D eigenvalue weighted by atomic mass is 35.5. The molecule has 1 aliphatic carbocycles. The van der Waals surface area contributed by atoms with Gasteiger partial charge in [-0.1, -0.05) is 60.4 Å². The van der Waals surface area contributed by atoms with Crippen molar-refractivity contribution in [1.82, 2.24) is 25.2 Å². The second-order valence-electron chi connectivity index (χ2n) is 8.76. The first-order valence-corrected chi connectivity index (χ1v) is 11.3. The van der Waals surface area contributed by atoms with Crippen molar-refractivity contribution in [2.45, 2.75) is 59.0 Å². The highest BCUT2D eigenvalue weighted by Gasteiger charge is 2.31. The van der Waals surface area contributed by atoms with Gasteiger partial charge in [-0.3, -0.25) is 4.79 Å². The molecular formula is C24H28ClN5O2. The van der Waals surface area contributed by atoms with Crippen molar-refractivity contribution in [3.8, 4) is 0 Å². The second-order valence-corrected chi connectivity index (χ2v) is 9.12. The van der Waals surface area contributed by atoms with Crippen molar-refractivity contribution in [3.63, 3.8) is 0 Å². The molecule has 32 heavy (non-hydrogen) atoms. The molecule has 1 fully saturated rings. The second kappa shape index (κ2) is 9.28. The Balaban J connectivity index is 1.45. The van der Waals surface area contributed by atoms with Gasteiger partial charge in [0.2, 0.25) is 11.8 Å². The summed E-state index contributed by atoms with van der Waals surface area (Å²) in [6, 6.07) is 7.89. The maximum absolute atomic E-state index is 12.7. The minimum atomic E-state index is -0.354. The number of aryl methyl sites for hydroxylation is 2. The van der Waals surface area contributed by atoms with Gasteiger partial charge in [-0.05, 0) is 44.2 Å². The third-order valence-corrected chi connectivity index (χ3v) is 5.99. The van der Waals surface area contributed by atoms with E-state index >= 15 is 0 Å². The molecular weight excluding hydrogens is 426 g/mol. The molecule has 3 aromatic rings. The Bertz CT molecular complexity index is 1130. The normalized spacial score (nSPS) is 14.9. The lowest BCUT2D eigenvalue weighted by atomic mass is 10.0. The number of nitrogens with zero attached hydrogens (tertiary/aromatic N) is 4. The average molecular weight is 454 g/mol. The monoisotopic (exact) mass is 453 g/mol. The van der Waals surface area contributed by atoms with Gasteiger partial charge in [0, 0.05) is 17.6 Å². The van der Waals surface area contributed by atoms with Crippen molar-refractivity contribution in [3.05, 3.63) is 69.6 Å². The van der Waals surface area contributed by atoms with Gasteiger partial charge in [-0.15, -0.1) is 0 Å². The van der Waals surface area contributed by atoms with Crippen LogP contribution in [0.15, 0.2) is 34.9 Å². The molecule has 7 nitrogen and oxygen atoms in total. The third kappa shape index (κ3) is 5.10. The van der Waals surface area contributed by atoms with Crippen molar-refractivity contribution in [1.29, 1.82) is 0 Å². The van der Waals surface area contributed by atoms with Crippen LogP contribution in [-0.2, 0) is 11.3 Å². The smallest absolute Gasteiger partial charge is 0.249 e. The molecule has 1 saturated carbocycles. The van der Waals surface area contributed by atoms with E-state index in [9.17, 15) is 4.79 Å². The van der Waals surface area contributed by atoms with Gasteiger partial charge in [-0.25, -0.2) is 4.68 Å². The van der Waals surface area contributed by atoms with E-state index in [-0.39, 0.29) is 17.9 Å². The Morgan fingerprint density at radius 3 is 2.66 bits per heavy atom. The lowest BCUT2D eigenvalue weighted by molar-refractivity contribution is -0.117. The topological polar surface area (TPSA) is 85.8 Å². The standard InChI is InChI=1S/C24H28ClN5O2/c1-14(2)21(24-27-23(29-32-24)18-9-10-18)26-20(31)12-11-19-16(4)28-30(22(19)25)13-17-7-5-15(3)6-8-17/h5-8,11-12,14,18,21H,9-10,13H2,1-4H3,(H,26,31)/b12-11+. The summed E-state index contributed by atoms with van der Waals surface area (Å²) in [5.74, 6) is 1.43. The summed E-state index contributed by atoms with van der Waals surface area (Å²) in [6.45, 7) is 8.51. The third-order valence-electron chi connectivity index (χ3n) is 5.59. The zero-order chi connectivity index (χ0) is 22.8. The van der Waals surface area contributed by atoms with Crippen LogP contribution >= 0.6 is 11.6 Å². The maximum atomic E-state index is 12.7. The number of carbonyl (C=O) groups excluding carboxylic acids is 1.